The average Bonchev–Trinajstić information content (AvgIpc) is 2.19. The first-order valence-corrected chi connectivity index (χ1v) is 6.46. The normalized spacial score (nSPS) is 11.6. The minimum atomic E-state index is -0.204. The molecule has 0 aliphatic rings. The largest absolute Gasteiger partial charge is 0.505 e. The molecule has 0 amide bonds. The summed E-state index contributed by atoms with van der Waals surface area (Å²) in [5.74, 6) is -0.0780. The van der Waals surface area contributed by atoms with Crippen molar-refractivity contribution in [3.8, 4) is 5.75 Å². The molecule has 0 saturated carbocycles. The third kappa shape index (κ3) is 1.77. The molecular weight excluding hydrogens is 279 g/mol. The number of rotatable bonds is 1. The third-order valence-corrected chi connectivity index (χ3v) is 3.38. The first-order valence-electron chi connectivity index (χ1n) is 4.22. The third-order valence-electron chi connectivity index (χ3n) is 2.03. The number of pyridine rings is 2. The summed E-state index contributed by atoms with van der Waals surface area (Å²) in [6.45, 7) is 1.90. The fourth-order valence-electron chi connectivity index (χ4n) is 1.40. The van der Waals surface area contributed by atoms with Crippen LogP contribution in [0.1, 0.15) is 0 Å². The minimum absolute atomic E-state index is 0.0780. The van der Waals surface area contributed by atoms with Gasteiger partial charge in [-0.3, -0.25) is 9.13 Å². The van der Waals surface area contributed by atoms with E-state index in [0.29, 0.717) is 24.4 Å². The predicted molar refractivity (Wildman–Crippen MR) is 65.0 cm³/mol. The zero-order valence-corrected chi connectivity index (χ0v) is 10.4. The molecule has 0 spiro atoms. The Morgan fingerprint density at radius 2 is 2.27 bits per heavy atom. The van der Waals surface area contributed by atoms with Crippen LogP contribution in [0.4, 0.5) is 0 Å². The fourth-order valence-corrected chi connectivity index (χ4v) is 2.41. The van der Waals surface area contributed by atoms with Gasteiger partial charge in [0.05, 0.1) is 5.52 Å². The van der Waals surface area contributed by atoms with E-state index in [9.17, 15) is 9.90 Å². The van der Waals surface area contributed by atoms with Crippen molar-refractivity contribution in [3.63, 3.8) is 0 Å². The number of aromatic hydroxyl groups is 1. The number of fused-ring (bicyclic) bond motifs is 1. The molecule has 0 aliphatic carbocycles. The molecule has 6 heteroatoms. The fraction of sp³-hybridized carbons (Fsp3) is 0.111. The van der Waals surface area contributed by atoms with Crippen molar-refractivity contribution in [1.29, 1.82) is 0 Å². The molecule has 0 saturated heterocycles. The Balaban J connectivity index is 2.96. The van der Waals surface area contributed by atoms with Crippen LogP contribution in [0.5, 0.6) is 5.75 Å². The van der Waals surface area contributed by atoms with Crippen LogP contribution in [-0.4, -0.2) is 21.1 Å². The Bertz CT molecular complexity index is 582. The van der Waals surface area contributed by atoms with Gasteiger partial charge in [0.1, 0.15) is 15.9 Å². The zero-order valence-electron chi connectivity index (χ0n) is 7.86. The lowest BCUT2D eigenvalue weighted by atomic mass is 10.3. The van der Waals surface area contributed by atoms with Crippen LogP contribution in [0.2, 0.25) is 0 Å². The van der Waals surface area contributed by atoms with Crippen LogP contribution in [0.3, 0.4) is 0 Å². The van der Waals surface area contributed by atoms with Gasteiger partial charge in [-0.25, -0.2) is 4.98 Å². The Hall–Kier alpha value is -0.930. The monoisotopic (exact) mass is 286 g/mol. The van der Waals surface area contributed by atoms with Crippen LogP contribution < -0.4 is 5.56 Å². The second kappa shape index (κ2) is 3.91. The van der Waals surface area contributed by atoms with Crippen molar-refractivity contribution in [3.05, 3.63) is 33.2 Å². The molecule has 1 N–H and O–H groups in total. The van der Waals surface area contributed by atoms with E-state index in [2.05, 4.69) is 20.9 Å². The summed E-state index contributed by atoms with van der Waals surface area (Å²) >= 11 is 3.22. The average molecular weight is 287 g/mol. The highest BCUT2D eigenvalue weighted by molar-refractivity contribution is 9.10. The Morgan fingerprint density at radius 1 is 1.53 bits per heavy atom. The molecule has 0 bridgehead atoms. The summed E-state index contributed by atoms with van der Waals surface area (Å²) < 4.78 is 2.23. The van der Waals surface area contributed by atoms with E-state index < -0.39 is 0 Å². The van der Waals surface area contributed by atoms with Gasteiger partial charge < -0.3 is 5.11 Å². The second-order valence-corrected chi connectivity index (χ2v) is 4.64. The molecule has 2 aromatic rings. The molecule has 1 unspecified atom stereocenters. The van der Waals surface area contributed by atoms with Gasteiger partial charge in [-0.15, -0.1) is 0 Å². The van der Waals surface area contributed by atoms with Crippen LogP contribution in [0.15, 0.2) is 27.6 Å². The van der Waals surface area contributed by atoms with E-state index in [1.165, 1.54) is 6.07 Å². The lowest BCUT2D eigenvalue weighted by Gasteiger charge is -2.07. The molecular formula is C9H8BrN2O2P. The summed E-state index contributed by atoms with van der Waals surface area (Å²) in [4.78, 5) is 15.7. The SMILES string of the molecule is CPn1c(=O)cc(O)c2nc(Br)ccc21. The van der Waals surface area contributed by atoms with Crippen molar-refractivity contribution in [2.45, 2.75) is 0 Å². The van der Waals surface area contributed by atoms with E-state index in [-0.39, 0.29) is 11.3 Å². The van der Waals surface area contributed by atoms with Gasteiger partial charge in [0.25, 0.3) is 5.56 Å². The smallest absolute Gasteiger partial charge is 0.257 e. The Morgan fingerprint density at radius 3 is 2.93 bits per heavy atom. The maximum Gasteiger partial charge on any atom is 0.257 e. The van der Waals surface area contributed by atoms with Gasteiger partial charge in [-0.05, 0) is 43.5 Å². The minimum Gasteiger partial charge on any atom is -0.505 e. The molecule has 0 aromatic carbocycles. The lowest BCUT2D eigenvalue weighted by molar-refractivity contribution is 0.479. The van der Waals surface area contributed by atoms with Crippen molar-refractivity contribution in [1.82, 2.24) is 9.32 Å². The van der Waals surface area contributed by atoms with Crippen molar-refractivity contribution in [2.75, 3.05) is 6.66 Å². The van der Waals surface area contributed by atoms with Crippen LogP contribution in [0, 0.1) is 0 Å². The maximum atomic E-state index is 11.5. The molecule has 2 rings (SSSR count). The van der Waals surface area contributed by atoms with Crippen molar-refractivity contribution >= 4 is 35.7 Å². The summed E-state index contributed by atoms with van der Waals surface area (Å²) in [5.41, 5.74) is 0.896. The summed E-state index contributed by atoms with van der Waals surface area (Å²) in [7, 11) is 0.314. The summed E-state index contributed by atoms with van der Waals surface area (Å²) in [5, 5.41) is 9.60. The molecule has 0 radical (unpaired) electrons. The van der Waals surface area contributed by atoms with E-state index in [1.807, 2.05) is 6.66 Å². The van der Waals surface area contributed by atoms with E-state index in [1.54, 1.807) is 16.5 Å². The molecule has 15 heavy (non-hydrogen) atoms. The molecule has 2 heterocycles. The van der Waals surface area contributed by atoms with Gasteiger partial charge in [-0.2, -0.15) is 0 Å². The highest BCUT2D eigenvalue weighted by Crippen LogP contribution is 2.25. The zero-order chi connectivity index (χ0) is 11.0. The van der Waals surface area contributed by atoms with Gasteiger partial charge in [0.15, 0.2) is 0 Å². The highest BCUT2D eigenvalue weighted by atomic mass is 79.9. The molecule has 78 valence electrons. The number of nitrogens with zero attached hydrogens (tertiary/aromatic N) is 2. The number of hydrogen-bond acceptors (Lipinski definition) is 3. The van der Waals surface area contributed by atoms with Crippen molar-refractivity contribution in [2.24, 2.45) is 0 Å². The maximum absolute atomic E-state index is 11.5. The quantitative estimate of drug-likeness (QED) is 0.644. The van der Waals surface area contributed by atoms with Gasteiger partial charge in [-0.1, -0.05) is 0 Å². The predicted octanol–water partition coefficient (Wildman–Crippen LogP) is 1.94. The van der Waals surface area contributed by atoms with E-state index >= 15 is 0 Å². The molecule has 4 nitrogen and oxygen atoms in total. The number of halogens is 1. The lowest BCUT2D eigenvalue weighted by Crippen LogP contribution is -2.12. The molecule has 1 atom stereocenters. The van der Waals surface area contributed by atoms with Crippen molar-refractivity contribution < 1.29 is 5.11 Å². The van der Waals surface area contributed by atoms with E-state index in [4.69, 9.17) is 0 Å². The van der Waals surface area contributed by atoms with Gasteiger partial charge >= 0.3 is 0 Å². The topological polar surface area (TPSA) is 55.1 Å². The highest BCUT2D eigenvalue weighted by Gasteiger charge is 2.08. The van der Waals surface area contributed by atoms with Gasteiger partial charge in [0, 0.05) is 6.07 Å². The first kappa shape index (κ1) is 10.6. The molecule has 0 fully saturated rings. The first-order chi connectivity index (χ1) is 7.13. The number of aromatic nitrogens is 2. The molecule has 2 aromatic heterocycles. The molecule has 0 aliphatic heterocycles. The van der Waals surface area contributed by atoms with Crippen LogP contribution in [-0.2, 0) is 0 Å². The summed E-state index contributed by atoms with van der Waals surface area (Å²) in [6, 6.07) is 4.71. The second-order valence-electron chi connectivity index (χ2n) is 2.93. The van der Waals surface area contributed by atoms with Crippen LogP contribution in [0.25, 0.3) is 11.0 Å². The van der Waals surface area contributed by atoms with Gasteiger partial charge in [0.2, 0.25) is 0 Å². The standard InChI is InChI=1S/C9H8BrN2O2P/c1-15-12-5-2-3-7(10)11-9(5)6(13)4-8(12)14/h2-4,13,15H,1H3. The van der Waals surface area contributed by atoms with Crippen LogP contribution >= 0.6 is 24.7 Å². The Labute approximate surface area is 95.9 Å². The Kier molecular flexibility index (Phi) is 2.76. The number of hydrogen-bond donors (Lipinski definition) is 1. The van der Waals surface area contributed by atoms with E-state index in [0.717, 1.165) is 0 Å². The summed E-state index contributed by atoms with van der Waals surface area (Å²) in [6.07, 6.45) is 0.